The molecular weight excluding hydrogens is 226 g/mol. The van der Waals surface area contributed by atoms with Gasteiger partial charge < -0.3 is 15.2 Å². The summed E-state index contributed by atoms with van der Waals surface area (Å²) in [6.45, 7) is 8.83. The molecule has 0 aromatic heterocycles. The minimum atomic E-state index is -0.262. The molecule has 3 heteroatoms. The van der Waals surface area contributed by atoms with Crippen LogP contribution in [-0.4, -0.2) is 23.9 Å². The summed E-state index contributed by atoms with van der Waals surface area (Å²) in [5.41, 5.74) is 1.21. The first-order valence-corrected chi connectivity index (χ1v) is 6.36. The molecule has 0 fully saturated rings. The molecule has 0 aliphatic heterocycles. The van der Waals surface area contributed by atoms with Gasteiger partial charge in [-0.2, -0.15) is 0 Å². The zero-order chi connectivity index (χ0) is 13.4. The number of hydrogen-bond donors (Lipinski definition) is 2. The first-order chi connectivity index (χ1) is 8.61. The molecule has 3 nitrogen and oxygen atoms in total. The highest BCUT2D eigenvalue weighted by Crippen LogP contribution is 2.12. The van der Waals surface area contributed by atoms with Crippen molar-refractivity contribution in [3.05, 3.63) is 42.5 Å². The van der Waals surface area contributed by atoms with Crippen molar-refractivity contribution in [1.82, 2.24) is 5.32 Å². The van der Waals surface area contributed by atoms with Crippen LogP contribution in [0, 0.1) is 0 Å². The SMILES string of the molecule is C=CCOc1ccc(CNC(C)CC(C)O)cc1. The van der Waals surface area contributed by atoms with Crippen molar-refractivity contribution in [3.63, 3.8) is 0 Å². The summed E-state index contributed by atoms with van der Waals surface area (Å²) in [6.07, 6.45) is 2.23. The Morgan fingerprint density at radius 1 is 1.33 bits per heavy atom. The third-order valence-electron chi connectivity index (χ3n) is 2.64. The minimum Gasteiger partial charge on any atom is -0.490 e. The predicted molar refractivity (Wildman–Crippen MR) is 74.7 cm³/mol. The summed E-state index contributed by atoms with van der Waals surface area (Å²) in [4.78, 5) is 0. The van der Waals surface area contributed by atoms with E-state index in [0.717, 1.165) is 18.7 Å². The van der Waals surface area contributed by atoms with Crippen molar-refractivity contribution in [1.29, 1.82) is 0 Å². The van der Waals surface area contributed by atoms with E-state index in [1.165, 1.54) is 5.56 Å². The number of aliphatic hydroxyl groups excluding tert-OH is 1. The molecule has 0 radical (unpaired) electrons. The van der Waals surface area contributed by atoms with Gasteiger partial charge in [0.05, 0.1) is 6.10 Å². The van der Waals surface area contributed by atoms with E-state index in [4.69, 9.17) is 4.74 Å². The summed E-state index contributed by atoms with van der Waals surface area (Å²) in [5, 5.41) is 12.7. The second-order valence-electron chi connectivity index (χ2n) is 4.61. The lowest BCUT2D eigenvalue weighted by molar-refractivity contribution is 0.170. The molecule has 1 aromatic rings. The van der Waals surface area contributed by atoms with Crippen LogP contribution in [-0.2, 0) is 6.54 Å². The Morgan fingerprint density at radius 3 is 2.56 bits per heavy atom. The number of hydrogen-bond acceptors (Lipinski definition) is 3. The molecule has 2 atom stereocenters. The van der Waals surface area contributed by atoms with Gasteiger partial charge in [0.1, 0.15) is 12.4 Å². The monoisotopic (exact) mass is 249 g/mol. The third-order valence-corrected chi connectivity index (χ3v) is 2.64. The predicted octanol–water partition coefficient (Wildman–Crippen LogP) is 2.50. The highest BCUT2D eigenvalue weighted by atomic mass is 16.5. The number of rotatable bonds is 8. The minimum absolute atomic E-state index is 0.262. The van der Waals surface area contributed by atoms with E-state index >= 15 is 0 Å². The molecule has 0 aliphatic carbocycles. The van der Waals surface area contributed by atoms with Gasteiger partial charge in [-0.3, -0.25) is 0 Å². The van der Waals surface area contributed by atoms with Gasteiger partial charge in [-0.15, -0.1) is 0 Å². The van der Waals surface area contributed by atoms with E-state index in [2.05, 4.69) is 18.8 Å². The maximum absolute atomic E-state index is 9.27. The van der Waals surface area contributed by atoms with E-state index < -0.39 is 0 Å². The molecular formula is C15H23NO2. The largest absolute Gasteiger partial charge is 0.490 e. The van der Waals surface area contributed by atoms with E-state index in [1.807, 2.05) is 31.2 Å². The van der Waals surface area contributed by atoms with Gasteiger partial charge in [0, 0.05) is 12.6 Å². The van der Waals surface area contributed by atoms with Crippen molar-refractivity contribution < 1.29 is 9.84 Å². The van der Waals surface area contributed by atoms with Crippen molar-refractivity contribution in [2.45, 2.75) is 39.0 Å². The molecule has 0 saturated carbocycles. The summed E-state index contributed by atoms with van der Waals surface area (Å²) < 4.78 is 5.42. The summed E-state index contributed by atoms with van der Waals surface area (Å²) in [6, 6.07) is 8.31. The number of benzene rings is 1. The normalized spacial score (nSPS) is 13.9. The molecule has 0 bridgehead atoms. The van der Waals surface area contributed by atoms with Gasteiger partial charge in [0.15, 0.2) is 0 Å². The smallest absolute Gasteiger partial charge is 0.119 e. The standard InChI is InChI=1S/C15H23NO2/c1-4-9-18-15-7-5-14(6-8-15)11-16-12(2)10-13(3)17/h4-8,12-13,16-17H,1,9-11H2,2-3H3. The van der Waals surface area contributed by atoms with Crippen LogP contribution in [0.2, 0.25) is 0 Å². The topological polar surface area (TPSA) is 41.5 Å². The molecule has 1 rings (SSSR count). The molecule has 0 amide bonds. The highest BCUT2D eigenvalue weighted by Gasteiger charge is 2.05. The van der Waals surface area contributed by atoms with E-state index in [9.17, 15) is 5.11 Å². The Bertz CT molecular complexity index is 346. The molecule has 18 heavy (non-hydrogen) atoms. The average Bonchev–Trinajstić information content (AvgIpc) is 2.34. The van der Waals surface area contributed by atoms with Crippen LogP contribution in [0.1, 0.15) is 25.8 Å². The quantitative estimate of drug-likeness (QED) is 0.696. The number of nitrogens with one attached hydrogen (secondary N) is 1. The summed E-state index contributed by atoms with van der Waals surface area (Å²) >= 11 is 0. The maximum atomic E-state index is 9.27. The van der Waals surface area contributed by atoms with Crippen molar-refractivity contribution in [3.8, 4) is 5.75 Å². The van der Waals surface area contributed by atoms with Crippen LogP contribution in [0.25, 0.3) is 0 Å². The van der Waals surface area contributed by atoms with Gasteiger partial charge in [-0.25, -0.2) is 0 Å². The molecule has 1 aromatic carbocycles. The lowest BCUT2D eigenvalue weighted by Crippen LogP contribution is -2.28. The Balaban J connectivity index is 2.36. The van der Waals surface area contributed by atoms with Crippen molar-refractivity contribution >= 4 is 0 Å². The fourth-order valence-corrected chi connectivity index (χ4v) is 1.75. The Labute approximate surface area is 109 Å². The fraction of sp³-hybridized carbons (Fsp3) is 0.467. The van der Waals surface area contributed by atoms with E-state index in [0.29, 0.717) is 12.6 Å². The molecule has 2 unspecified atom stereocenters. The van der Waals surface area contributed by atoms with Gasteiger partial charge in [-0.05, 0) is 38.0 Å². The average molecular weight is 249 g/mol. The maximum Gasteiger partial charge on any atom is 0.119 e. The Morgan fingerprint density at radius 2 is 2.00 bits per heavy atom. The first kappa shape index (κ1) is 14.7. The summed E-state index contributed by atoms with van der Waals surface area (Å²) in [5.74, 6) is 0.857. The van der Waals surface area contributed by atoms with Gasteiger partial charge >= 0.3 is 0 Å². The second-order valence-corrected chi connectivity index (χ2v) is 4.61. The fourth-order valence-electron chi connectivity index (χ4n) is 1.75. The van der Waals surface area contributed by atoms with Crippen molar-refractivity contribution in [2.75, 3.05) is 6.61 Å². The van der Waals surface area contributed by atoms with Crippen LogP contribution >= 0.6 is 0 Å². The van der Waals surface area contributed by atoms with Crippen LogP contribution in [0.3, 0.4) is 0 Å². The lowest BCUT2D eigenvalue weighted by atomic mass is 10.1. The highest BCUT2D eigenvalue weighted by molar-refractivity contribution is 5.27. The van der Waals surface area contributed by atoms with Gasteiger partial charge in [0.25, 0.3) is 0 Å². The Kier molecular flexibility index (Phi) is 6.47. The van der Waals surface area contributed by atoms with Crippen LogP contribution in [0.5, 0.6) is 5.75 Å². The molecule has 100 valence electrons. The number of ether oxygens (including phenoxy) is 1. The van der Waals surface area contributed by atoms with Gasteiger partial charge in [-0.1, -0.05) is 24.8 Å². The number of aliphatic hydroxyl groups is 1. The third kappa shape index (κ3) is 5.84. The zero-order valence-electron chi connectivity index (χ0n) is 11.2. The van der Waals surface area contributed by atoms with E-state index in [1.54, 1.807) is 6.08 Å². The zero-order valence-corrected chi connectivity index (χ0v) is 11.2. The van der Waals surface area contributed by atoms with Crippen LogP contribution < -0.4 is 10.1 Å². The molecule has 0 spiro atoms. The molecule has 0 aliphatic rings. The van der Waals surface area contributed by atoms with Crippen molar-refractivity contribution in [2.24, 2.45) is 0 Å². The van der Waals surface area contributed by atoms with Crippen LogP contribution in [0.4, 0.5) is 0 Å². The van der Waals surface area contributed by atoms with Crippen LogP contribution in [0.15, 0.2) is 36.9 Å². The first-order valence-electron chi connectivity index (χ1n) is 6.36. The molecule has 2 N–H and O–H groups in total. The molecule has 0 heterocycles. The Hall–Kier alpha value is -1.32. The van der Waals surface area contributed by atoms with E-state index in [-0.39, 0.29) is 6.10 Å². The molecule has 0 saturated heterocycles. The van der Waals surface area contributed by atoms with Gasteiger partial charge in [0.2, 0.25) is 0 Å². The summed E-state index contributed by atoms with van der Waals surface area (Å²) in [7, 11) is 0. The second kappa shape index (κ2) is 7.90. The lowest BCUT2D eigenvalue weighted by Gasteiger charge is -2.15.